The van der Waals surface area contributed by atoms with Gasteiger partial charge in [-0.15, -0.1) is 0 Å². The van der Waals surface area contributed by atoms with Crippen molar-refractivity contribution in [3.05, 3.63) is 100 Å². The normalized spacial score (nSPS) is 15.3. The number of hydrogen-bond acceptors (Lipinski definition) is 6. The molecule has 1 aliphatic carbocycles. The third kappa shape index (κ3) is 6.55. The van der Waals surface area contributed by atoms with Crippen LogP contribution in [0.4, 0.5) is 18.9 Å². The summed E-state index contributed by atoms with van der Waals surface area (Å²) in [6.07, 6.45) is 5.65. The Morgan fingerprint density at radius 2 is 1.80 bits per heavy atom. The molecular weight excluding hydrogens is 629 g/mol. The van der Waals surface area contributed by atoms with Gasteiger partial charge in [0, 0.05) is 72.6 Å². The minimum Gasteiger partial charge on any atom is -0.371 e. The van der Waals surface area contributed by atoms with Crippen LogP contribution >= 0.6 is 0 Å². The summed E-state index contributed by atoms with van der Waals surface area (Å²) in [5, 5.41) is 4.21. The number of anilines is 1. The molecule has 11 heteroatoms. The molecule has 0 unspecified atom stereocenters. The van der Waals surface area contributed by atoms with Gasteiger partial charge in [0.1, 0.15) is 0 Å². The number of nitrogens with zero attached hydrogens (tertiary/aromatic N) is 5. The molecule has 3 aromatic heterocycles. The molecule has 2 aromatic carbocycles. The Kier molecular flexibility index (Phi) is 8.70. The maximum Gasteiger partial charge on any atom is 0.418 e. The third-order valence-electron chi connectivity index (χ3n) is 9.52. The Hall–Kier alpha value is -5.03. The number of aromatic nitrogens is 3. The Labute approximate surface area is 281 Å². The molecule has 252 valence electrons. The number of carbonyl (C=O) groups excluding carboxylic acids is 1. The number of halogens is 3. The van der Waals surface area contributed by atoms with E-state index in [2.05, 4.69) is 27.4 Å². The first kappa shape index (κ1) is 32.5. The van der Waals surface area contributed by atoms with Gasteiger partial charge in [0.15, 0.2) is 0 Å². The molecule has 7 rings (SSSR count). The fourth-order valence-corrected chi connectivity index (χ4v) is 6.91. The Morgan fingerprint density at radius 1 is 0.980 bits per heavy atom. The number of allylic oxidation sites excluding steroid dienone is 1. The molecule has 0 radical (unpaired) electrons. The number of fused-ring (bicyclic) bond motifs is 4. The van der Waals surface area contributed by atoms with E-state index in [1.165, 1.54) is 16.7 Å². The van der Waals surface area contributed by atoms with Gasteiger partial charge in [-0.3, -0.25) is 24.1 Å². The number of piperidine rings is 1. The highest BCUT2D eigenvalue weighted by atomic mass is 19.4. The molecule has 4 heterocycles. The van der Waals surface area contributed by atoms with Crippen molar-refractivity contribution < 1.29 is 18.0 Å². The fraction of sp³-hybridized carbons (Fsp3) is 0.316. The topological polar surface area (TPSA) is 83.4 Å². The van der Waals surface area contributed by atoms with E-state index in [9.17, 15) is 22.8 Å². The summed E-state index contributed by atoms with van der Waals surface area (Å²) in [5.74, 6) is -0.310. The van der Waals surface area contributed by atoms with Gasteiger partial charge in [-0.1, -0.05) is 12.1 Å². The molecular formula is C38H37F3N6O2. The van der Waals surface area contributed by atoms with E-state index in [1.807, 2.05) is 49.5 Å². The zero-order valence-corrected chi connectivity index (χ0v) is 27.4. The smallest absolute Gasteiger partial charge is 0.371 e. The minimum atomic E-state index is -4.68. The molecule has 1 N–H and O–H groups in total. The fourth-order valence-electron chi connectivity index (χ4n) is 6.91. The first-order chi connectivity index (χ1) is 23.6. The second-order valence-electron chi connectivity index (χ2n) is 13.1. The summed E-state index contributed by atoms with van der Waals surface area (Å²) in [6.45, 7) is 1.86. The van der Waals surface area contributed by atoms with Gasteiger partial charge in [0.25, 0.3) is 5.56 Å². The first-order valence-corrected chi connectivity index (χ1v) is 16.6. The van der Waals surface area contributed by atoms with Gasteiger partial charge < -0.3 is 15.1 Å². The molecule has 1 aliphatic heterocycles. The first-order valence-electron chi connectivity index (χ1n) is 16.6. The second kappa shape index (κ2) is 13.1. The van der Waals surface area contributed by atoms with Crippen LogP contribution < -0.4 is 15.8 Å². The predicted octanol–water partition coefficient (Wildman–Crippen LogP) is 6.47. The molecule has 49 heavy (non-hydrogen) atoms. The van der Waals surface area contributed by atoms with Crippen molar-refractivity contribution in [3.8, 4) is 16.8 Å². The lowest BCUT2D eigenvalue weighted by Gasteiger charge is -2.34. The van der Waals surface area contributed by atoms with E-state index >= 15 is 0 Å². The number of carbonyl (C=O) groups is 1. The number of amides is 1. The van der Waals surface area contributed by atoms with Gasteiger partial charge in [-0.05, 0) is 99.4 Å². The van der Waals surface area contributed by atoms with Crippen molar-refractivity contribution >= 4 is 39.5 Å². The highest BCUT2D eigenvalue weighted by Gasteiger charge is 2.37. The molecule has 8 nitrogen and oxygen atoms in total. The molecule has 0 atom stereocenters. The number of aryl methyl sites for hydroxylation is 1. The summed E-state index contributed by atoms with van der Waals surface area (Å²) in [5.41, 5.74) is 3.87. The lowest BCUT2D eigenvalue weighted by Crippen LogP contribution is -2.42. The molecule has 1 saturated heterocycles. The summed E-state index contributed by atoms with van der Waals surface area (Å²) < 4.78 is 45.6. The van der Waals surface area contributed by atoms with Crippen LogP contribution in [-0.4, -0.2) is 65.6 Å². The lowest BCUT2D eigenvalue weighted by atomic mass is 9.94. The van der Waals surface area contributed by atoms with Gasteiger partial charge in [-0.25, -0.2) is 0 Å². The predicted molar refractivity (Wildman–Crippen MR) is 187 cm³/mol. The number of likely N-dealkylation sites (N-methyl/N-ethyl adjacent to an activating group) is 1. The molecule has 1 amide bonds. The Bertz CT molecular complexity index is 2150. The van der Waals surface area contributed by atoms with Crippen LogP contribution in [0.5, 0.6) is 0 Å². The second-order valence-corrected chi connectivity index (χ2v) is 13.1. The van der Waals surface area contributed by atoms with E-state index in [-0.39, 0.29) is 23.2 Å². The SMILES string of the molecule is CN(C)CCNC(=O)C1CCN(c2ccc(-n3c(=O)ccc4cnc5ccc(-c6cnc7c(c6)CCC=C7)cc5c43)cc2C(F)(F)F)CC1. The highest BCUT2D eigenvalue weighted by molar-refractivity contribution is 6.05. The van der Waals surface area contributed by atoms with Crippen LogP contribution in [0.15, 0.2) is 77.9 Å². The van der Waals surface area contributed by atoms with E-state index in [1.54, 1.807) is 23.2 Å². The maximum atomic E-state index is 14.7. The standard InChI is InChI=1S/C38H37F3N6O2/c1-45(2)18-15-42-37(49)24-13-16-46(17-14-24)34-11-9-29(21-31(34)38(39,40)41)47-35(48)12-8-27-22-44-33-10-7-25(20-30(33)36(27)47)28-19-26-5-3-4-6-32(26)43-23-28/h4,6-12,19-24H,3,5,13-18H2,1-2H3,(H,42,49). The van der Waals surface area contributed by atoms with Gasteiger partial charge in [0.05, 0.1) is 28.0 Å². The zero-order chi connectivity index (χ0) is 34.3. The quantitative estimate of drug-likeness (QED) is 0.201. The van der Waals surface area contributed by atoms with Crippen molar-refractivity contribution in [2.45, 2.75) is 31.9 Å². The largest absolute Gasteiger partial charge is 0.418 e. The average Bonchev–Trinajstić information content (AvgIpc) is 3.10. The van der Waals surface area contributed by atoms with Crippen LogP contribution in [0, 0.1) is 5.92 Å². The number of nitrogens with one attached hydrogen (secondary N) is 1. The Balaban J connectivity index is 1.26. The summed E-state index contributed by atoms with van der Waals surface area (Å²) in [4.78, 5) is 39.1. The molecule has 5 aromatic rings. The summed E-state index contributed by atoms with van der Waals surface area (Å²) in [6, 6.07) is 15.0. The zero-order valence-electron chi connectivity index (χ0n) is 27.4. The lowest BCUT2D eigenvalue weighted by molar-refractivity contribution is -0.137. The van der Waals surface area contributed by atoms with Crippen LogP contribution in [0.25, 0.3) is 44.7 Å². The Morgan fingerprint density at radius 3 is 2.57 bits per heavy atom. The third-order valence-corrected chi connectivity index (χ3v) is 9.52. The number of alkyl halides is 3. The number of hydrogen-bond donors (Lipinski definition) is 1. The molecule has 2 aliphatic rings. The summed E-state index contributed by atoms with van der Waals surface area (Å²) >= 11 is 0. The monoisotopic (exact) mass is 666 g/mol. The van der Waals surface area contributed by atoms with E-state index in [0.29, 0.717) is 60.8 Å². The molecule has 0 bridgehead atoms. The van der Waals surface area contributed by atoms with Crippen LogP contribution in [0.1, 0.15) is 36.1 Å². The van der Waals surface area contributed by atoms with Crippen LogP contribution in [-0.2, 0) is 17.4 Å². The summed E-state index contributed by atoms with van der Waals surface area (Å²) in [7, 11) is 3.85. The van der Waals surface area contributed by atoms with Crippen LogP contribution in [0.2, 0.25) is 0 Å². The van der Waals surface area contributed by atoms with Crippen LogP contribution in [0.3, 0.4) is 0 Å². The number of benzene rings is 2. The van der Waals surface area contributed by atoms with Crippen molar-refractivity contribution in [3.63, 3.8) is 0 Å². The van der Waals surface area contributed by atoms with E-state index in [4.69, 9.17) is 0 Å². The number of pyridine rings is 3. The van der Waals surface area contributed by atoms with Crippen molar-refractivity contribution in [1.82, 2.24) is 24.8 Å². The maximum absolute atomic E-state index is 14.7. The molecule has 0 saturated carbocycles. The highest BCUT2D eigenvalue weighted by Crippen LogP contribution is 2.40. The number of rotatable bonds is 7. The van der Waals surface area contributed by atoms with Gasteiger partial charge in [-0.2, -0.15) is 13.2 Å². The van der Waals surface area contributed by atoms with Crippen molar-refractivity contribution in [2.24, 2.45) is 5.92 Å². The van der Waals surface area contributed by atoms with Crippen molar-refractivity contribution in [2.75, 3.05) is 45.2 Å². The molecule has 1 fully saturated rings. The van der Waals surface area contributed by atoms with E-state index < -0.39 is 17.3 Å². The molecule has 0 spiro atoms. The minimum absolute atomic E-state index is 0.0413. The van der Waals surface area contributed by atoms with Crippen molar-refractivity contribution in [1.29, 1.82) is 0 Å². The van der Waals surface area contributed by atoms with E-state index in [0.717, 1.165) is 41.3 Å². The average molecular weight is 667 g/mol. The van der Waals surface area contributed by atoms with Gasteiger partial charge >= 0.3 is 6.18 Å². The van der Waals surface area contributed by atoms with Gasteiger partial charge in [0.2, 0.25) is 5.91 Å².